The molecule has 1 heterocycles. The first-order valence-electron chi connectivity index (χ1n) is 9.27. The van der Waals surface area contributed by atoms with Crippen molar-refractivity contribution in [3.63, 3.8) is 0 Å². The van der Waals surface area contributed by atoms with Crippen molar-refractivity contribution in [3.05, 3.63) is 94.6 Å². The maximum Gasteiger partial charge on any atom is 0.271 e. The van der Waals surface area contributed by atoms with Crippen LogP contribution in [0.3, 0.4) is 0 Å². The van der Waals surface area contributed by atoms with Crippen LogP contribution in [0, 0.1) is 13.8 Å². The minimum atomic E-state index is -3.95. The van der Waals surface area contributed by atoms with Crippen molar-refractivity contribution in [2.24, 2.45) is 0 Å². The summed E-state index contributed by atoms with van der Waals surface area (Å²) in [4.78, 5) is 0.156. The molecular weight excluding hydrogens is 464 g/mol. The number of para-hydroxylation sites is 1. The Morgan fingerprint density at radius 3 is 1.93 bits per heavy atom. The molecule has 0 spiro atoms. The first-order chi connectivity index (χ1) is 14.4. The average Bonchev–Trinajstić information content (AvgIpc) is 3.08. The Kier molecular flexibility index (Phi) is 5.49. The Morgan fingerprint density at radius 1 is 0.833 bits per heavy atom. The fourth-order valence-electron chi connectivity index (χ4n) is 3.07. The Morgan fingerprint density at radius 2 is 1.40 bits per heavy atom. The molecule has 0 fully saturated rings. The molecule has 0 amide bonds. The van der Waals surface area contributed by atoms with Crippen LogP contribution >= 0.6 is 15.9 Å². The molecule has 152 valence electrons. The summed E-state index contributed by atoms with van der Waals surface area (Å²) in [7, 11) is -3.95. The van der Waals surface area contributed by atoms with Crippen molar-refractivity contribution in [2.75, 3.05) is 4.31 Å². The molecule has 0 aliphatic heterocycles. The van der Waals surface area contributed by atoms with E-state index in [0.717, 1.165) is 15.4 Å². The molecule has 30 heavy (non-hydrogen) atoms. The molecule has 0 aliphatic rings. The van der Waals surface area contributed by atoms with Gasteiger partial charge in [-0.25, -0.2) is 8.42 Å². The zero-order valence-corrected chi connectivity index (χ0v) is 18.8. The number of benzene rings is 3. The van der Waals surface area contributed by atoms with Crippen molar-refractivity contribution in [2.45, 2.75) is 18.7 Å². The predicted octanol–water partition coefficient (Wildman–Crippen LogP) is 6.25. The number of halogens is 1. The van der Waals surface area contributed by atoms with Gasteiger partial charge in [-0.1, -0.05) is 65.3 Å². The molecule has 0 N–H and O–H groups in total. The second-order valence-corrected chi connectivity index (χ2v) is 9.46. The summed E-state index contributed by atoms with van der Waals surface area (Å²) in [5, 5.41) is 3.90. The number of nitrogens with zero attached hydrogens (tertiary/aromatic N) is 2. The van der Waals surface area contributed by atoms with Crippen molar-refractivity contribution >= 4 is 37.5 Å². The van der Waals surface area contributed by atoms with Crippen molar-refractivity contribution in [3.8, 4) is 11.1 Å². The zero-order valence-electron chi connectivity index (χ0n) is 16.4. The monoisotopic (exact) mass is 482 g/mol. The average molecular weight is 483 g/mol. The molecule has 0 aliphatic carbocycles. The predicted molar refractivity (Wildman–Crippen MR) is 121 cm³/mol. The van der Waals surface area contributed by atoms with E-state index in [1.165, 1.54) is 5.56 Å². The number of aromatic nitrogens is 1. The summed E-state index contributed by atoms with van der Waals surface area (Å²) in [6, 6.07) is 23.7. The standard InChI is InChI=1S/C23H19BrN2O3S/c1-16-8-10-18(11-9-16)19-12-14-21(15-13-19)30(27,28)26(20-6-4-3-5-7-20)23-22(24)17(2)25-29-23/h3-15H,1-2H3. The highest BCUT2D eigenvalue weighted by molar-refractivity contribution is 9.10. The van der Waals surface area contributed by atoms with E-state index in [1.807, 2.05) is 37.3 Å². The van der Waals surface area contributed by atoms with E-state index in [4.69, 9.17) is 4.52 Å². The number of rotatable bonds is 5. The number of anilines is 2. The van der Waals surface area contributed by atoms with Gasteiger partial charge in [0, 0.05) is 0 Å². The van der Waals surface area contributed by atoms with Gasteiger partial charge >= 0.3 is 0 Å². The van der Waals surface area contributed by atoms with Crippen LogP contribution in [0.2, 0.25) is 0 Å². The van der Waals surface area contributed by atoms with Crippen LogP contribution in [0.4, 0.5) is 11.6 Å². The number of sulfonamides is 1. The van der Waals surface area contributed by atoms with E-state index in [0.29, 0.717) is 15.9 Å². The van der Waals surface area contributed by atoms with Gasteiger partial charge in [0.15, 0.2) is 0 Å². The van der Waals surface area contributed by atoms with Gasteiger partial charge in [0.05, 0.1) is 16.3 Å². The second kappa shape index (κ2) is 8.08. The highest BCUT2D eigenvalue weighted by atomic mass is 79.9. The summed E-state index contributed by atoms with van der Waals surface area (Å²) >= 11 is 3.40. The van der Waals surface area contributed by atoms with Gasteiger partial charge in [-0.15, -0.1) is 0 Å². The lowest BCUT2D eigenvalue weighted by Gasteiger charge is -2.22. The topological polar surface area (TPSA) is 63.4 Å². The van der Waals surface area contributed by atoms with Gasteiger partial charge in [0.25, 0.3) is 15.9 Å². The summed E-state index contributed by atoms with van der Waals surface area (Å²) in [5.74, 6) is 0.112. The minimum absolute atomic E-state index is 0.112. The first-order valence-corrected chi connectivity index (χ1v) is 11.5. The van der Waals surface area contributed by atoms with Crippen LogP contribution in [0.1, 0.15) is 11.3 Å². The molecule has 0 unspecified atom stereocenters. The first kappa shape index (κ1) is 20.4. The minimum Gasteiger partial charge on any atom is -0.336 e. The number of hydrogen-bond donors (Lipinski definition) is 0. The van der Waals surface area contributed by atoms with Crippen LogP contribution < -0.4 is 4.31 Å². The van der Waals surface area contributed by atoms with E-state index in [9.17, 15) is 8.42 Å². The molecule has 0 saturated heterocycles. The molecule has 4 aromatic rings. The Hall–Kier alpha value is -2.90. The fourth-order valence-corrected chi connectivity index (χ4v) is 4.94. The van der Waals surface area contributed by atoms with E-state index in [2.05, 4.69) is 21.1 Å². The Labute approximate surface area is 184 Å². The highest BCUT2D eigenvalue weighted by Gasteiger charge is 2.32. The lowest BCUT2D eigenvalue weighted by Crippen LogP contribution is -2.26. The summed E-state index contributed by atoms with van der Waals surface area (Å²) in [6.45, 7) is 3.77. The lowest BCUT2D eigenvalue weighted by molar-refractivity contribution is 0.424. The summed E-state index contributed by atoms with van der Waals surface area (Å²) < 4.78 is 34.2. The van der Waals surface area contributed by atoms with Gasteiger partial charge in [-0.3, -0.25) is 0 Å². The number of aryl methyl sites for hydroxylation is 2. The van der Waals surface area contributed by atoms with Crippen molar-refractivity contribution in [1.82, 2.24) is 5.16 Å². The smallest absolute Gasteiger partial charge is 0.271 e. The molecule has 0 atom stereocenters. The molecule has 4 rings (SSSR count). The maximum atomic E-state index is 13.6. The third-order valence-corrected chi connectivity index (χ3v) is 7.37. The molecule has 0 bridgehead atoms. The largest absolute Gasteiger partial charge is 0.336 e. The molecule has 5 nitrogen and oxygen atoms in total. The molecule has 0 saturated carbocycles. The van der Waals surface area contributed by atoms with E-state index in [-0.39, 0.29) is 10.8 Å². The molecular formula is C23H19BrN2O3S. The van der Waals surface area contributed by atoms with E-state index >= 15 is 0 Å². The third kappa shape index (κ3) is 3.78. The SMILES string of the molecule is Cc1ccc(-c2ccc(S(=O)(=O)N(c3ccccc3)c3onc(C)c3Br)cc2)cc1. The van der Waals surface area contributed by atoms with Gasteiger partial charge in [-0.05, 0) is 65.2 Å². The van der Waals surface area contributed by atoms with Crippen LogP contribution in [-0.4, -0.2) is 13.6 Å². The lowest BCUT2D eigenvalue weighted by atomic mass is 10.0. The van der Waals surface area contributed by atoms with E-state index in [1.54, 1.807) is 55.5 Å². The van der Waals surface area contributed by atoms with Gasteiger partial charge in [0.1, 0.15) is 4.47 Å². The highest BCUT2D eigenvalue weighted by Crippen LogP contribution is 2.38. The molecule has 7 heteroatoms. The third-order valence-electron chi connectivity index (χ3n) is 4.73. The van der Waals surface area contributed by atoms with Crippen LogP contribution in [0.15, 0.2) is 92.8 Å². The van der Waals surface area contributed by atoms with Crippen LogP contribution in [0.5, 0.6) is 0 Å². The molecule has 1 aromatic heterocycles. The molecule has 3 aromatic carbocycles. The van der Waals surface area contributed by atoms with Gasteiger partial charge < -0.3 is 4.52 Å². The van der Waals surface area contributed by atoms with Crippen molar-refractivity contribution in [1.29, 1.82) is 0 Å². The van der Waals surface area contributed by atoms with Crippen molar-refractivity contribution < 1.29 is 12.9 Å². The fraction of sp³-hybridized carbons (Fsp3) is 0.0870. The maximum absolute atomic E-state index is 13.6. The Balaban J connectivity index is 1.79. The van der Waals surface area contributed by atoms with Gasteiger partial charge in [0.2, 0.25) is 0 Å². The number of hydrogen-bond acceptors (Lipinski definition) is 4. The van der Waals surface area contributed by atoms with Gasteiger partial charge in [-0.2, -0.15) is 4.31 Å². The summed E-state index contributed by atoms with van der Waals surface area (Å²) in [6.07, 6.45) is 0. The Bertz CT molecular complexity index is 1270. The summed E-state index contributed by atoms with van der Waals surface area (Å²) in [5.41, 5.74) is 4.16. The van der Waals surface area contributed by atoms with Crippen LogP contribution in [-0.2, 0) is 10.0 Å². The molecule has 0 radical (unpaired) electrons. The normalized spacial score (nSPS) is 11.4. The van der Waals surface area contributed by atoms with E-state index < -0.39 is 10.0 Å². The van der Waals surface area contributed by atoms with Crippen LogP contribution in [0.25, 0.3) is 11.1 Å². The zero-order chi connectivity index (χ0) is 21.3. The quantitative estimate of drug-likeness (QED) is 0.337. The second-order valence-electron chi connectivity index (χ2n) is 6.88.